The Balaban J connectivity index is 1.86. The molecule has 0 bridgehead atoms. The lowest BCUT2D eigenvalue weighted by Gasteiger charge is -2.17. The molecule has 0 fully saturated rings. The lowest BCUT2D eigenvalue weighted by Crippen LogP contribution is -2.29. The summed E-state index contributed by atoms with van der Waals surface area (Å²) in [6, 6.07) is 14.5. The molecule has 0 aliphatic heterocycles. The van der Waals surface area contributed by atoms with Crippen LogP contribution in [0.1, 0.15) is 35.3 Å². The quantitative estimate of drug-likeness (QED) is 0.660. The first-order valence-electron chi connectivity index (χ1n) is 8.85. The number of carbonyl (C=O) groups excluding carboxylic acids is 4. The van der Waals surface area contributed by atoms with Crippen LogP contribution in [0.2, 0.25) is 0 Å². The van der Waals surface area contributed by atoms with Gasteiger partial charge < -0.3 is 20.1 Å². The number of nitrogens with one attached hydrogen (secondary N) is 2. The standard InChI is InChI=1S/C21H22N2O6/c1-14(24)22-18(15-6-4-3-5-7-15)12-20(26)29-13-19(25)23-17-10-8-16(9-11-17)21(27)28-2/h3-11,18H,12-13H2,1-2H3,(H,22,24)(H,23,25)/t18-/m0/s1. The number of esters is 2. The van der Waals surface area contributed by atoms with Crippen LogP contribution in [-0.4, -0.2) is 37.5 Å². The summed E-state index contributed by atoms with van der Waals surface area (Å²) in [6.45, 7) is 0.888. The van der Waals surface area contributed by atoms with Gasteiger partial charge in [-0.3, -0.25) is 14.4 Å². The molecule has 8 heteroatoms. The van der Waals surface area contributed by atoms with Gasteiger partial charge in [0.05, 0.1) is 25.1 Å². The predicted molar refractivity (Wildman–Crippen MR) is 105 cm³/mol. The molecule has 0 aliphatic carbocycles. The van der Waals surface area contributed by atoms with Crippen molar-refractivity contribution in [3.05, 3.63) is 65.7 Å². The van der Waals surface area contributed by atoms with Crippen LogP contribution in [0.3, 0.4) is 0 Å². The summed E-state index contributed by atoms with van der Waals surface area (Å²) in [7, 11) is 1.28. The van der Waals surface area contributed by atoms with Crippen molar-refractivity contribution in [2.24, 2.45) is 0 Å². The number of rotatable bonds is 8. The molecule has 2 rings (SSSR count). The van der Waals surface area contributed by atoms with E-state index in [1.54, 1.807) is 24.3 Å². The Bertz CT molecular complexity index is 864. The van der Waals surface area contributed by atoms with Gasteiger partial charge in [-0.15, -0.1) is 0 Å². The monoisotopic (exact) mass is 398 g/mol. The third-order valence-corrected chi connectivity index (χ3v) is 3.90. The van der Waals surface area contributed by atoms with Crippen molar-refractivity contribution < 1.29 is 28.7 Å². The predicted octanol–water partition coefficient (Wildman–Crippen LogP) is 2.22. The van der Waals surface area contributed by atoms with Crippen molar-refractivity contribution in [2.45, 2.75) is 19.4 Å². The van der Waals surface area contributed by atoms with Crippen molar-refractivity contribution in [2.75, 3.05) is 19.0 Å². The van der Waals surface area contributed by atoms with E-state index in [1.165, 1.54) is 38.3 Å². The first-order valence-corrected chi connectivity index (χ1v) is 8.85. The Hall–Kier alpha value is -3.68. The first-order chi connectivity index (χ1) is 13.9. The summed E-state index contributed by atoms with van der Waals surface area (Å²) in [4.78, 5) is 46.9. The molecule has 29 heavy (non-hydrogen) atoms. The van der Waals surface area contributed by atoms with Gasteiger partial charge in [0.1, 0.15) is 0 Å². The third-order valence-electron chi connectivity index (χ3n) is 3.90. The highest BCUT2D eigenvalue weighted by atomic mass is 16.5. The highest BCUT2D eigenvalue weighted by Crippen LogP contribution is 2.17. The molecule has 0 aromatic heterocycles. The Morgan fingerprint density at radius 1 is 0.966 bits per heavy atom. The first kappa shape index (κ1) is 21.6. The number of hydrogen-bond acceptors (Lipinski definition) is 6. The number of benzene rings is 2. The van der Waals surface area contributed by atoms with Crippen LogP contribution in [0.25, 0.3) is 0 Å². The minimum absolute atomic E-state index is 0.106. The van der Waals surface area contributed by atoms with E-state index in [-0.39, 0.29) is 12.3 Å². The van der Waals surface area contributed by atoms with Crippen LogP contribution in [0, 0.1) is 0 Å². The van der Waals surface area contributed by atoms with Crippen molar-refractivity contribution in [3.8, 4) is 0 Å². The van der Waals surface area contributed by atoms with Crippen LogP contribution in [-0.2, 0) is 23.9 Å². The molecular weight excluding hydrogens is 376 g/mol. The lowest BCUT2D eigenvalue weighted by molar-refractivity contribution is -0.148. The van der Waals surface area contributed by atoms with Crippen LogP contribution in [0.15, 0.2) is 54.6 Å². The second-order valence-corrected chi connectivity index (χ2v) is 6.15. The molecule has 0 heterocycles. The normalized spacial score (nSPS) is 11.1. The van der Waals surface area contributed by atoms with E-state index in [0.29, 0.717) is 11.3 Å². The molecular formula is C21H22N2O6. The fourth-order valence-electron chi connectivity index (χ4n) is 2.56. The highest BCUT2D eigenvalue weighted by molar-refractivity contribution is 5.94. The van der Waals surface area contributed by atoms with Crippen molar-refractivity contribution in [1.29, 1.82) is 0 Å². The summed E-state index contributed by atoms with van der Waals surface area (Å²) in [5.74, 6) is -1.91. The Kier molecular flexibility index (Phi) is 7.90. The fraction of sp³-hybridized carbons (Fsp3) is 0.238. The van der Waals surface area contributed by atoms with Crippen molar-refractivity contribution >= 4 is 29.4 Å². The van der Waals surface area contributed by atoms with Gasteiger partial charge in [-0.25, -0.2) is 4.79 Å². The largest absolute Gasteiger partial charge is 0.465 e. The molecule has 2 N–H and O–H groups in total. The van der Waals surface area contributed by atoms with E-state index in [1.807, 2.05) is 6.07 Å². The summed E-state index contributed by atoms with van der Waals surface area (Å²) in [5.41, 5.74) is 1.55. The second kappa shape index (κ2) is 10.6. The zero-order valence-electron chi connectivity index (χ0n) is 16.1. The molecule has 0 saturated carbocycles. The minimum atomic E-state index is -0.621. The number of methoxy groups -OCH3 is 1. The molecule has 8 nitrogen and oxygen atoms in total. The van der Waals surface area contributed by atoms with Gasteiger partial charge in [-0.1, -0.05) is 30.3 Å². The zero-order valence-corrected chi connectivity index (χ0v) is 16.1. The second-order valence-electron chi connectivity index (χ2n) is 6.15. The SMILES string of the molecule is COC(=O)c1ccc(NC(=O)COC(=O)C[C@H](NC(C)=O)c2ccccc2)cc1. The Morgan fingerprint density at radius 3 is 2.21 bits per heavy atom. The molecule has 1 atom stereocenters. The minimum Gasteiger partial charge on any atom is -0.465 e. The van der Waals surface area contributed by atoms with Gasteiger partial charge in [-0.2, -0.15) is 0 Å². The van der Waals surface area contributed by atoms with Gasteiger partial charge in [0.2, 0.25) is 5.91 Å². The van der Waals surface area contributed by atoms with Crippen LogP contribution in [0.5, 0.6) is 0 Å². The molecule has 0 radical (unpaired) electrons. The molecule has 2 amide bonds. The van der Waals surface area contributed by atoms with Gasteiger partial charge in [0, 0.05) is 12.6 Å². The number of hydrogen-bond donors (Lipinski definition) is 2. The molecule has 2 aromatic rings. The van der Waals surface area contributed by atoms with E-state index in [9.17, 15) is 19.2 Å². The molecule has 2 aromatic carbocycles. The summed E-state index contributed by atoms with van der Waals surface area (Å²) < 4.78 is 9.61. The highest BCUT2D eigenvalue weighted by Gasteiger charge is 2.18. The molecule has 152 valence electrons. The van der Waals surface area contributed by atoms with E-state index in [2.05, 4.69) is 15.4 Å². The zero-order chi connectivity index (χ0) is 21.2. The summed E-state index contributed by atoms with van der Waals surface area (Å²) >= 11 is 0. The Labute approximate surface area is 168 Å². The Morgan fingerprint density at radius 2 is 1.62 bits per heavy atom. The molecule has 0 saturated heterocycles. The van der Waals surface area contributed by atoms with Crippen LogP contribution < -0.4 is 10.6 Å². The lowest BCUT2D eigenvalue weighted by atomic mass is 10.0. The van der Waals surface area contributed by atoms with Crippen molar-refractivity contribution in [1.82, 2.24) is 5.32 Å². The average Bonchev–Trinajstić information content (AvgIpc) is 2.72. The molecule has 0 aliphatic rings. The number of amides is 2. The van der Waals surface area contributed by atoms with Crippen molar-refractivity contribution in [3.63, 3.8) is 0 Å². The molecule has 0 unspecified atom stereocenters. The van der Waals surface area contributed by atoms with Crippen LogP contribution >= 0.6 is 0 Å². The maximum atomic E-state index is 12.1. The number of anilines is 1. The number of ether oxygens (including phenoxy) is 2. The smallest absolute Gasteiger partial charge is 0.337 e. The van der Waals surface area contributed by atoms with E-state index in [4.69, 9.17) is 4.74 Å². The number of carbonyl (C=O) groups is 4. The fourth-order valence-corrected chi connectivity index (χ4v) is 2.56. The topological polar surface area (TPSA) is 111 Å². The van der Waals surface area contributed by atoms with Crippen LogP contribution in [0.4, 0.5) is 5.69 Å². The molecule has 0 spiro atoms. The summed E-state index contributed by atoms with van der Waals surface area (Å²) in [6.07, 6.45) is -0.106. The maximum absolute atomic E-state index is 12.1. The van der Waals surface area contributed by atoms with E-state index >= 15 is 0 Å². The van der Waals surface area contributed by atoms with Gasteiger partial charge >= 0.3 is 11.9 Å². The average molecular weight is 398 g/mol. The summed E-state index contributed by atoms with van der Waals surface area (Å²) in [5, 5.41) is 5.26. The van der Waals surface area contributed by atoms with E-state index < -0.39 is 30.5 Å². The maximum Gasteiger partial charge on any atom is 0.337 e. The van der Waals surface area contributed by atoms with Gasteiger partial charge in [0.25, 0.3) is 5.91 Å². The van der Waals surface area contributed by atoms with Gasteiger partial charge in [-0.05, 0) is 29.8 Å². The van der Waals surface area contributed by atoms with E-state index in [0.717, 1.165) is 5.56 Å². The van der Waals surface area contributed by atoms with Gasteiger partial charge in [0.15, 0.2) is 6.61 Å². The third kappa shape index (κ3) is 7.10.